The van der Waals surface area contributed by atoms with Crippen molar-refractivity contribution in [3.8, 4) is 0 Å². The lowest BCUT2D eigenvalue weighted by Crippen LogP contribution is -2.09. The van der Waals surface area contributed by atoms with Crippen molar-refractivity contribution in [2.45, 2.75) is 51.8 Å². The third kappa shape index (κ3) is 1.45. The Morgan fingerprint density at radius 3 is 2.91 bits per heavy atom. The summed E-state index contributed by atoms with van der Waals surface area (Å²) < 4.78 is 7.79. The van der Waals surface area contributed by atoms with Gasteiger partial charge in [-0.3, -0.25) is 0 Å². The summed E-state index contributed by atoms with van der Waals surface area (Å²) in [6.45, 7) is 2.28. The van der Waals surface area contributed by atoms with Gasteiger partial charge in [0.05, 0.1) is 0 Å². The lowest BCUT2D eigenvalue weighted by Gasteiger charge is -2.20. The van der Waals surface area contributed by atoms with E-state index in [1.807, 2.05) is 0 Å². The summed E-state index contributed by atoms with van der Waals surface area (Å²) >= 11 is 0. The summed E-state index contributed by atoms with van der Waals surface area (Å²) in [5.41, 5.74) is 0. The number of unbranched alkanes of at least 4 members (excludes halogenated alkanes) is 1. The second-order valence-electron chi connectivity index (χ2n) is 4.37. The molecule has 4 atom stereocenters. The monoisotopic (exact) mass is 153 g/mol. The predicted octanol–water partition coefficient (Wildman–Crippen LogP) is 3.61. The van der Waals surface area contributed by atoms with E-state index in [1.54, 1.807) is 0 Å². The summed E-state index contributed by atoms with van der Waals surface area (Å²) in [6, 6.07) is 0. The third-order valence-electron chi connectivity index (χ3n) is 3.58. The fraction of sp³-hybridized carbons (Fsp3) is 1.00. The van der Waals surface area contributed by atoms with Gasteiger partial charge in [-0.2, -0.15) is 0 Å². The third-order valence-corrected chi connectivity index (χ3v) is 3.58. The van der Waals surface area contributed by atoms with Crippen LogP contribution in [0.15, 0.2) is 0 Å². The summed E-state index contributed by atoms with van der Waals surface area (Å²) in [4.78, 5) is 0. The Labute approximate surface area is 71.8 Å². The summed E-state index contributed by atoms with van der Waals surface area (Å²) in [5.74, 6) is 2.75. The predicted molar refractivity (Wildman–Crippen MR) is 48.5 cm³/mol. The van der Waals surface area contributed by atoms with Crippen LogP contribution in [0, 0.1) is 17.8 Å². The highest BCUT2D eigenvalue weighted by molar-refractivity contribution is 4.89. The largest absolute Gasteiger partial charge is 0.0654 e. The molecule has 2 aliphatic rings. The van der Waals surface area contributed by atoms with E-state index >= 15 is 0 Å². The van der Waals surface area contributed by atoms with Gasteiger partial charge in [0.2, 0.25) is 0 Å². The molecule has 2 aliphatic carbocycles. The van der Waals surface area contributed by atoms with E-state index in [-0.39, 0.29) is 0 Å². The lowest BCUT2D eigenvalue weighted by atomic mass is 9.85. The van der Waals surface area contributed by atoms with E-state index in [9.17, 15) is 0 Å². The Hall–Kier alpha value is 0. The van der Waals surface area contributed by atoms with Gasteiger partial charge >= 0.3 is 0 Å². The first-order valence-corrected chi connectivity index (χ1v) is 5.23. The van der Waals surface area contributed by atoms with Gasteiger partial charge in [-0.25, -0.2) is 0 Å². The second-order valence-corrected chi connectivity index (χ2v) is 4.37. The van der Waals surface area contributed by atoms with Crippen molar-refractivity contribution in [2.75, 3.05) is 0 Å². The maximum absolute atomic E-state index is 7.79. The Bertz CT molecular complexity index is 153. The number of hydrogen-bond acceptors (Lipinski definition) is 0. The molecule has 2 fully saturated rings. The molecule has 0 radical (unpaired) electrons. The lowest BCUT2D eigenvalue weighted by molar-refractivity contribution is 0.307. The summed E-state index contributed by atoms with van der Waals surface area (Å²) in [6.07, 6.45) is 8.52. The topological polar surface area (TPSA) is 0 Å². The molecule has 2 bridgehead atoms. The minimum Gasteiger partial charge on any atom is -0.0654 e. The van der Waals surface area contributed by atoms with E-state index < -0.39 is 0 Å². The van der Waals surface area contributed by atoms with E-state index in [2.05, 4.69) is 6.92 Å². The Kier molecular flexibility index (Phi) is 1.87. The van der Waals surface area contributed by atoms with Crippen LogP contribution in [-0.2, 0) is 0 Å². The molecule has 64 valence electrons. The highest BCUT2D eigenvalue weighted by atomic mass is 14.4. The maximum Gasteiger partial charge on any atom is 0.0269 e. The Morgan fingerprint density at radius 1 is 1.45 bits per heavy atom. The molecule has 0 saturated heterocycles. The van der Waals surface area contributed by atoms with Crippen molar-refractivity contribution in [3.05, 3.63) is 0 Å². The maximum atomic E-state index is 7.79. The fourth-order valence-electron chi connectivity index (χ4n) is 2.93. The average Bonchev–Trinajstić information content (AvgIpc) is 2.58. The Balaban J connectivity index is 1.82. The van der Waals surface area contributed by atoms with E-state index in [4.69, 9.17) is 1.37 Å². The van der Waals surface area contributed by atoms with Crippen LogP contribution < -0.4 is 0 Å². The first kappa shape index (κ1) is 6.51. The van der Waals surface area contributed by atoms with Gasteiger partial charge in [0, 0.05) is 1.37 Å². The standard InChI is InChI=1S/C11H20/c1-2-3-4-10-7-9-5-6-11(10)8-9/h9-11H,2-8H2,1H3/t9-,10+,11-/m1/s1/i5D/t5?,9-,10+,11-. The second kappa shape index (κ2) is 3.16. The molecule has 0 spiro atoms. The SMILES string of the molecule is [2H]C1C[C@@H]2C[C@H]1C[C@@H]2CCCC. The van der Waals surface area contributed by atoms with Crippen molar-refractivity contribution < 1.29 is 1.37 Å². The molecule has 0 aromatic carbocycles. The summed E-state index contributed by atoms with van der Waals surface area (Å²) in [5, 5.41) is 0. The zero-order chi connectivity index (χ0) is 8.55. The van der Waals surface area contributed by atoms with Gasteiger partial charge in [0.25, 0.3) is 0 Å². The fourth-order valence-corrected chi connectivity index (χ4v) is 2.93. The first-order chi connectivity index (χ1) is 5.81. The number of fused-ring (bicyclic) bond motifs is 2. The van der Waals surface area contributed by atoms with Crippen molar-refractivity contribution in [1.29, 1.82) is 0 Å². The minimum atomic E-state index is 0.313. The molecule has 0 amide bonds. The van der Waals surface area contributed by atoms with Crippen molar-refractivity contribution in [2.24, 2.45) is 17.8 Å². The highest BCUT2D eigenvalue weighted by Crippen LogP contribution is 2.49. The molecule has 0 aromatic heterocycles. The molecule has 0 aromatic rings. The summed E-state index contributed by atoms with van der Waals surface area (Å²) in [7, 11) is 0. The first-order valence-electron chi connectivity index (χ1n) is 5.81. The van der Waals surface area contributed by atoms with E-state index in [0.29, 0.717) is 6.40 Å². The van der Waals surface area contributed by atoms with Crippen LogP contribution in [0.4, 0.5) is 0 Å². The average molecular weight is 153 g/mol. The van der Waals surface area contributed by atoms with Crippen LogP contribution in [0.5, 0.6) is 0 Å². The smallest absolute Gasteiger partial charge is 0.0269 e. The van der Waals surface area contributed by atoms with Gasteiger partial charge in [-0.05, 0) is 37.0 Å². The highest BCUT2D eigenvalue weighted by Gasteiger charge is 2.38. The molecular formula is C11H20. The number of hydrogen-bond donors (Lipinski definition) is 0. The molecule has 0 aliphatic heterocycles. The molecule has 2 rings (SSSR count). The molecular weight excluding hydrogens is 132 g/mol. The zero-order valence-electron chi connectivity index (χ0n) is 8.55. The molecule has 11 heavy (non-hydrogen) atoms. The van der Waals surface area contributed by atoms with Gasteiger partial charge in [0.1, 0.15) is 0 Å². The van der Waals surface area contributed by atoms with Crippen LogP contribution in [-0.4, -0.2) is 0 Å². The molecule has 0 N–H and O–H groups in total. The Morgan fingerprint density at radius 2 is 2.36 bits per heavy atom. The van der Waals surface area contributed by atoms with Crippen LogP contribution >= 0.6 is 0 Å². The zero-order valence-corrected chi connectivity index (χ0v) is 7.55. The molecule has 1 unspecified atom stereocenters. The van der Waals surface area contributed by atoms with Crippen LogP contribution in [0.25, 0.3) is 0 Å². The van der Waals surface area contributed by atoms with Gasteiger partial charge in [-0.15, -0.1) is 0 Å². The van der Waals surface area contributed by atoms with Crippen molar-refractivity contribution in [3.63, 3.8) is 0 Å². The normalized spacial score (nSPS) is 49.7. The number of rotatable bonds is 3. The quantitative estimate of drug-likeness (QED) is 0.581. The van der Waals surface area contributed by atoms with Crippen LogP contribution in [0.3, 0.4) is 0 Å². The van der Waals surface area contributed by atoms with Crippen LogP contribution in [0.1, 0.15) is 53.2 Å². The molecule has 0 nitrogen and oxygen atoms in total. The van der Waals surface area contributed by atoms with E-state index in [0.717, 1.165) is 17.8 Å². The van der Waals surface area contributed by atoms with Gasteiger partial charge in [0.15, 0.2) is 0 Å². The molecule has 2 saturated carbocycles. The molecule has 0 heteroatoms. The van der Waals surface area contributed by atoms with Crippen molar-refractivity contribution >= 4 is 0 Å². The van der Waals surface area contributed by atoms with Crippen molar-refractivity contribution in [1.82, 2.24) is 0 Å². The van der Waals surface area contributed by atoms with Crippen LogP contribution in [0.2, 0.25) is 0 Å². The van der Waals surface area contributed by atoms with Gasteiger partial charge in [-0.1, -0.05) is 32.6 Å². The molecule has 0 heterocycles. The minimum absolute atomic E-state index is 0.313. The van der Waals surface area contributed by atoms with E-state index in [1.165, 1.54) is 38.5 Å². The van der Waals surface area contributed by atoms with Gasteiger partial charge < -0.3 is 0 Å².